The third kappa shape index (κ3) is 6.41. The molecule has 1 atom stereocenters. The fourth-order valence-corrected chi connectivity index (χ4v) is 1.15. The number of unbranched alkanes of at least 4 members (excludes halogenated alkanes) is 3. The monoisotopic (exact) mass is 162 g/mol. The van der Waals surface area contributed by atoms with E-state index in [9.17, 15) is 0 Å². The first kappa shape index (κ1) is 10.3. The van der Waals surface area contributed by atoms with Crippen LogP contribution in [0, 0.1) is 5.92 Å². The topological polar surface area (TPSA) is 0 Å². The molecule has 0 nitrogen and oxygen atoms in total. The van der Waals surface area contributed by atoms with Crippen LogP contribution in [0.2, 0.25) is 0 Å². The Balaban J connectivity index is 2.89. The van der Waals surface area contributed by atoms with Gasteiger partial charge >= 0.3 is 0 Å². The molecule has 0 heterocycles. The molecule has 0 amide bonds. The molecule has 0 rings (SSSR count). The zero-order valence-electron chi connectivity index (χ0n) is 7.20. The number of halogens is 1. The Morgan fingerprint density at radius 2 is 1.90 bits per heavy atom. The maximum atomic E-state index is 5.66. The quantitative estimate of drug-likeness (QED) is 0.412. The van der Waals surface area contributed by atoms with Crippen molar-refractivity contribution in [2.75, 3.05) is 5.88 Å². The SMILES string of the molecule is CCCCCC[C@@H](C)CCl. The predicted octanol–water partition coefficient (Wildman–Crippen LogP) is 3.83. The van der Waals surface area contributed by atoms with E-state index >= 15 is 0 Å². The lowest BCUT2D eigenvalue weighted by molar-refractivity contribution is 0.529. The summed E-state index contributed by atoms with van der Waals surface area (Å²) in [5.41, 5.74) is 0. The maximum Gasteiger partial charge on any atom is 0.0249 e. The molecule has 0 N–H and O–H groups in total. The fraction of sp³-hybridized carbons (Fsp3) is 1.00. The van der Waals surface area contributed by atoms with E-state index in [2.05, 4.69) is 13.8 Å². The first-order chi connectivity index (χ1) is 4.81. The fourth-order valence-electron chi connectivity index (χ4n) is 0.997. The first-order valence-corrected chi connectivity index (χ1v) is 4.90. The van der Waals surface area contributed by atoms with E-state index in [4.69, 9.17) is 11.6 Å². The summed E-state index contributed by atoms with van der Waals surface area (Å²) < 4.78 is 0. The average molecular weight is 163 g/mol. The normalized spacial score (nSPS) is 13.5. The molecule has 0 spiro atoms. The number of hydrogen-bond donors (Lipinski definition) is 0. The molecule has 1 heteroatoms. The van der Waals surface area contributed by atoms with Crippen LogP contribution in [0.3, 0.4) is 0 Å². The van der Waals surface area contributed by atoms with Gasteiger partial charge < -0.3 is 0 Å². The van der Waals surface area contributed by atoms with Crippen LogP contribution in [0.1, 0.15) is 46.0 Å². The molecule has 0 fully saturated rings. The highest BCUT2D eigenvalue weighted by molar-refractivity contribution is 6.18. The van der Waals surface area contributed by atoms with Crippen molar-refractivity contribution in [2.24, 2.45) is 5.92 Å². The van der Waals surface area contributed by atoms with Gasteiger partial charge in [-0.3, -0.25) is 0 Å². The molecule has 0 saturated carbocycles. The Morgan fingerprint density at radius 1 is 1.20 bits per heavy atom. The minimum Gasteiger partial charge on any atom is -0.126 e. The molecule has 0 bridgehead atoms. The summed E-state index contributed by atoms with van der Waals surface area (Å²) in [5, 5.41) is 0. The third-order valence-corrected chi connectivity index (χ3v) is 2.34. The number of hydrogen-bond acceptors (Lipinski definition) is 0. The van der Waals surface area contributed by atoms with Crippen LogP contribution in [0.15, 0.2) is 0 Å². The van der Waals surface area contributed by atoms with Gasteiger partial charge in [-0.25, -0.2) is 0 Å². The molecule has 0 aliphatic rings. The molecule has 0 radical (unpaired) electrons. The highest BCUT2D eigenvalue weighted by Gasteiger charge is 1.97. The molecule has 0 unspecified atom stereocenters. The first-order valence-electron chi connectivity index (χ1n) is 4.37. The molecule has 10 heavy (non-hydrogen) atoms. The smallest absolute Gasteiger partial charge is 0.0249 e. The van der Waals surface area contributed by atoms with Crippen LogP contribution in [0.25, 0.3) is 0 Å². The van der Waals surface area contributed by atoms with Gasteiger partial charge in [0.15, 0.2) is 0 Å². The summed E-state index contributed by atoms with van der Waals surface area (Å²) in [6.07, 6.45) is 6.77. The Labute approximate surface area is 70.0 Å². The average Bonchev–Trinajstić information content (AvgIpc) is 1.98. The summed E-state index contributed by atoms with van der Waals surface area (Å²) in [5.74, 6) is 1.55. The van der Waals surface area contributed by atoms with Crippen LogP contribution < -0.4 is 0 Å². The van der Waals surface area contributed by atoms with E-state index in [-0.39, 0.29) is 0 Å². The second-order valence-electron chi connectivity index (χ2n) is 3.11. The van der Waals surface area contributed by atoms with E-state index in [0.717, 1.165) is 11.8 Å². The van der Waals surface area contributed by atoms with E-state index in [1.165, 1.54) is 32.1 Å². The minimum atomic E-state index is 0.721. The minimum absolute atomic E-state index is 0.721. The Hall–Kier alpha value is 0.290. The van der Waals surface area contributed by atoms with Crippen LogP contribution in [-0.4, -0.2) is 5.88 Å². The largest absolute Gasteiger partial charge is 0.126 e. The third-order valence-electron chi connectivity index (χ3n) is 1.81. The molecular weight excluding hydrogens is 144 g/mol. The highest BCUT2D eigenvalue weighted by Crippen LogP contribution is 2.10. The maximum absolute atomic E-state index is 5.66. The summed E-state index contributed by atoms with van der Waals surface area (Å²) in [6, 6.07) is 0. The second kappa shape index (κ2) is 7.40. The van der Waals surface area contributed by atoms with Crippen molar-refractivity contribution in [2.45, 2.75) is 46.0 Å². The van der Waals surface area contributed by atoms with Gasteiger partial charge in [-0.2, -0.15) is 0 Å². The van der Waals surface area contributed by atoms with Gasteiger partial charge in [-0.05, 0) is 12.3 Å². The Kier molecular flexibility index (Phi) is 7.61. The van der Waals surface area contributed by atoms with E-state index in [0.29, 0.717) is 0 Å². The summed E-state index contributed by atoms with van der Waals surface area (Å²) >= 11 is 5.66. The molecule has 0 aromatic heterocycles. The van der Waals surface area contributed by atoms with Gasteiger partial charge in [-0.1, -0.05) is 39.5 Å². The van der Waals surface area contributed by atoms with Gasteiger partial charge in [0.25, 0.3) is 0 Å². The van der Waals surface area contributed by atoms with Crippen LogP contribution in [-0.2, 0) is 0 Å². The van der Waals surface area contributed by atoms with Gasteiger partial charge in [0, 0.05) is 5.88 Å². The van der Waals surface area contributed by atoms with Crippen molar-refractivity contribution in [3.63, 3.8) is 0 Å². The summed E-state index contributed by atoms with van der Waals surface area (Å²) in [7, 11) is 0. The lowest BCUT2D eigenvalue weighted by Crippen LogP contribution is -1.94. The zero-order valence-corrected chi connectivity index (χ0v) is 7.95. The molecule has 0 aromatic rings. The van der Waals surface area contributed by atoms with Crippen molar-refractivity contribution < 1.29 is 0 Å². The molecular formula is C9H19Cl. The van der Waals surface area contributed by atoms with Crippen molar-refractivity contribution in [3.8, 4) is 0 Å². The van der Waals surface area contributed by atoms with Crippen LogP contribution in [0.5, 0.6) is 0 Å². The van der Waals surface area contributed by atoms with Crippen molar-refractivity contribution >= 4 is 11.6 Å². The standard InChI is InChI=1S/C9H19Cl/c1-3-4-5-6-7-9(2)8-10/h9H,3-8H2,1-2H3/t9-/m1/s1. The molecule has 62 valence electrons. The molecule has 0 aromatic carbocycles. The van der Waals surface area contributed by atoms with E-state index in [1.54, 1.807) is 0 Å². The highest BCUT2D eigenvalue weighted by atomic mass is 35.5. The Morgan fingerprint density at radius 3 is 2.40 bits per heavy atom. The number of alkyl halides is 1. The molecule has 0 saturated heterocycles. The predicted molar refractivity (Wildman–Crippen MR) is 48.6 cm³/mol. The number of rotatable bonds is 6. The zero-order chi connectivity index (χ0) is 7.82. The van der Waals surface area contributed by atoms with Crippen molar-refractivity contribution in [1.82, 2.24) is 0 Å². The van der Waals surface area contributed by atoms with Crippen molar-refractivity contribution in [3.05, 3.63) is 0 Å². The second-order valence-corrected chi connectivity index (χ2v) is 3.42. The van der Waals surface area contributed by atoms with E-state index < -0.39 is 0 Å². The van der Waals surface area contributed by atoms with Crippen LogP contribution >= 0.6 is 11.6 Å². The Bertz CT molecular complexity index is 61.7. The summed E-state index contributed by atoms with van der Waals surface area (Å²) in [6.45, 7) is 4.46. The summed E-state index contributed by atoms with van der Waals surface area (Å²) in [4.78, 5) is 0. The lowest BCUT2D eigenvalue weighted by atomic mass is 10.0. The molecule has 0 aliphatic carbocycles. The van der Waals surface area contributed by atoms with Gasteiger partial charge in [0.1, 0.15) is 0 Å². The van der Waals surface area contributed by atoms with Crippen LogP contribution in [0.4, 0.5) is 0 Å². The van der Waals surface area contributed by atoms with Gasteiger partial charge in [0.05, 0.1) is 0 Å². The van der Waals surface area contributed by atoms with Crippen molar-refractivity contribution in [1.29, 1.82) is 0 Å². The molecule has 0 aliphatic heterocycles. The lowest BCUT2D eigenvalue weighted by Gasteiger charge is -2.05. The van der Waals surface area contributed by atoms with E-state index in [1.807, 2.05) is 0 Å². The van der Waals surface area contributed by atoms with Gasteiger partial charge in [-0.15, -0.1) is 11.6 Å². The van der Waals surface area contributed by atoms with Gasteiger partial charge in [0.2, 0.25) is 0 Å².